The fraction of sp³-hybridized carbons (Fsp3) is 0.0526. The summed E-state index contributed by atoms with van der Waals surface area (Å²) in [4.78, 5) is 10.8. The molecule has 1 aromatic heterocycles. The number of benzene rings is 10. The fourth-order valence-corrected chi connectivity index (χ4v) is 10.1. The van der Waals surface area contributed by atoms with Gasteiger partial charge in [-0.05, 0) is 118 Å². The molecule has 2 nitrogen and oxygen atoms in total. The summed E-state index contributed by atoms with van der Waals surface area (Å²) in [7, 11) is 0. The zero-order chi connectivity index (χ0) is 39.2. The number of rotatable bonds is 4. The third kappa shape index (κ3) is 5.13. The van der Waals surface area contributed by atoms with Crippen LogP contribution in [0.15, 0.2) is 194 Å². The largest absolute Gasteiger partial charge is 0.228 e. The van der Waals surface area contributed by atoms with E-state index >= 15 is 0 Å². The van der Waals surface area contributed by atoms with E-state index in [0.29, 0.717) is 5.82 Å². The van der Waals surface area contributed by atoms with Crippen LogP contribution in [-0.2, 0) is 5.41 Å². The van der Waals surface area contributed by atoms with Gasteiger partial charge < -0.3 is 0 Å². The van der Waals surface area contributed by atoms with Crippen LogP contribution in [0.2, 0.25) is 0 Å². The van der Waals surface area contributed by atoms with Crippen LogP contribution in [0.4, 0.5) is 0 Å². The Hall–Kier alpha value is -7.42. The monoisotopic (exact) mass is 750 g/mol. The van der Waals surface area contributed by atoms with Crippen LogP contribution in [-0.4, -0.2) is 9.97 Å². The van der Waals surface area contributed by atoms with E-state index in [0.717, 1.165) is 33.5 Å². The average Bonchev–Trinajstić information content (AvgIpc) is 3.52. The van der Waals surface area contributed by atoms with Crippen molar-refractivity contribution in [3.05, 3.63) is 205 Å². The molecule has 11 aromatic rings. The van der Waals surface area contributed by atoms with Crippen molar-refractivity contribution in [2.75, 3.05) is 0 Å². The van der Waals surface area contributed by atoms with E-state index in [1.165, 1.54) is 81.9 Å². The number of aromatic nitrogens is 2. The minimum Gasteiger partial charge on any atom is -0.228 e. The zero-order valence-corrected chi connectivity index (χ0v) is 32.9. The molecule has 0 aliphatic heterocycles. The Morgan fingerprint density at radius 2 is 0.831 bits per heavy atom. The highest BCUT2D eigenvalue weighted by atomic mass is 14.9. The molecule has 0 saturated heterocycles. The molecule has 0 spiro atoms. The minimum atomic E-state index is -0.176. The van der Waals surface area contributed by atoms with Crippen LogP contribution in [0, 0.1) is 0 Å². The standard InChI is InChI=1S/C57H38N2/c1-57(2)52-33-37-18-7-6-17-36(37)31-51(52)48-26-14-25-47(55(48)57)45-29-30-49(43-23-12-10-22-42(43)45)56-58-53(35-15-4-3-5-16-35)34-54(59-56)38-27-28-46-41-21-9-8-19-39(41)40-20-11-13-24-44(40)50(46)32-38/h3-34H,1-2H3. The van der Waals surface area contributed by atoms with E-state index in [-0.39, 0.29) is 5.41 Å². The van der Waals surface area contributed by atoms with Gasteiger partial charge in [0.15, 0.2) is 5.82 Å². The van der Waals surface area contributed by atoms with Crippen molar-refractivity contribution < 1.29 is 0 Å². The first-order valence-electron chi connectivity index (χ1n) is 20.5. The van der Waals surface area contributed by atoms with Crippen LogP contribution in [0.1, 0.15) is 25.0 Å². The lowest BCUT2D eigenvalue weighted by Gasteiger charge is -2.25. The molecular weight excluding hydrogens is 713 g/mol. The molecule has 0 fully saturated rings. The number of hydrogen-bond acceptors (Lipinski definition) is 2. The van der Waals surface area contributed by atoms with Gasteiger partial charge in [0, 0.05) is 22.1 Å². The molecule has 1 heterocycles. The van der Waals surface area contributed by atoms with Crippen molar-refractivity contribution in [3.63, 3.8) is 0 Å². The quantitative estimate of drug-likeness (QED) is 0.167. The molecule has 0 atom stereocenters. The van der Waals surface area contributed by atoms with Crippen molar-refractivity contribution in [1.29, 1.82) is 0 Å². The van der Waals surface area contributed by atoms with Crippen LogP contribution in [0.3, 0.4) is 0 Å². The lowest BCUT2D eigenvalue weighted by Crippen LogP contribution is -2.16. The van der Waals surface area contributed by atoms with Crippen molar-refractivity contribution >= 4 is 53.9 Å². The second kappa shape index (κ2) is 12.8. The third-order valence-corrected chi connectivity index (χ3v) is 12.8. The van der Waals surface area contributed by atoms with Gasteiger partial charge in [-0.2, -0.15) is 0 Å². The van der Waals surface area contributed by atoms with Gasteiger partial charge in [0.1, 0.15) is 0 Å². The Morgan fingerprint density at radius 3 is 1.51 bits per heavy atom. The second-order valence-electron chi connectivity index (χ2n) is 16.5. The fourth-order valence-electron chi connectivity index (χ4n) is 10.1. The first-order valence-corrected chi connectivity index (χ1v) is 20.5. The number of fused-ring (bicyclic) bond motifs is 11. The Balaban J connectivity index is 1.06. The summed E-state index contributed by atoms with van der Waals surface area (Å²) >= 11 is 0. The summed E-state index contributed by atoms with van der Waals surface area (Å²) in [5.74, 6) is 0.713. The smallest absolute Gasteiger partial charge is 0.161 e. The first-order chi connectivity index (χ1) is 29.0. The molecular formula is C57H38N2. The van der Waals surface area contributed by atoms with Crippen LogP contribution in [0.5, 0.6) is 0 Å². The Bertz CT molecular complexity index is 3490. The van der Waals surface area contributed by atoms with Crippen molar-refractivity contribution in [2.24, 2.45) is 0 Å². The Labute approximate surface area is 343 Å². The van der Waals surface area contributed by atoms with E-state index < -0.39 is 0 Å². The zero-order valence-electron chi connectivity index (χ0n) is 32.9. The maximum atomic E-state index is 5.42. The predicted octanol–water partition coefficient (Wildman–Crippen LogP) is 15.2. The molecule has 0 bridgehead atoms. The van der Waals surface area contributed by atoms with E-state index in [1.807, 2.05) is 0 Å². The topological polar surface area (TPSA) is 25.8 Å². The molecule has 276 valence electrons. The van der Waals surface area contributed by atoms with Crippen LogP contribution >= 0.6 is 0 Å². The van der Waals surface area contributed by atoms with E-state index in [9.17, 15) is 0 Å². The van der Waals surface area contributed by atoms with Gasteiger partial charge in [-0.25, -0.2) is 9.97 Å². The van der Waals surface area contributed by atoms with Crippen LogP contribution < -0.4 is 0 Å². The van der Waals surface area contributed by atoms with Gasteiger partial charge in [-0.15, -0.1) is 0 Å². The van der Waals surface area contributed by atoms with Crippen LogP contribution in [0.25, 0.3) is 110 Å². The molecule has 1 aliphatic carbocycles. The summed E-state index contributed by atoms with van der Waals surface area (Å²) in [5.41, 5.74) is 12.7. The highest BCUT2D eigenvalue weighted by Crippen LogP contribution is 2.54. The normalized spacial score (nSPS) is 13.1. The van der Waals surface area contributed by atoms with Gasteiger partial charge >= 0.3 is 0 Å². The maximum Gasteiger partial charge on any atom is 0.161 e. The third-order valence-electron chi connectivity index (χ3n) is 12.8. The average molecular weight is 751 g/mol. The van der Waals surface area contributed by atoms with Gasteiger partial charge in [0.25, 0.3) is 0 Å². The second-order valence-corrected chi connectivity index (χ2v) is 16.5. The molecule has 12 rings (SSSR count). The maximum absolute atomic E-state index is 5.42. The molecule has 0 saturated carbocycles. The summed E-state index contributed by atoms with van der Waals surface area (Å²) in [6.45, 7) is 4.77. The van der Waals surface area contributed by atoms with Crippen molar-refractivity contribution in [3.8, 4) is 56.2 Å². The lowest BCUT2D eigenvalue weighted by atomic mass is 9.78. The van der Waals surface area contributed by atoms with Gasteiger partial charge in [-0.3, -0.25) is 0 Å². The number of nitrogens with zero attached hydrogens (tertiary/aromatic N) is 2. The summed E-state index contributed by atoms with van der Waals surface area (Å²) in [5, 5.41) is 12.4. The lowest BCUT2D eigenvalue weighted by molar-refractivity contribution is 0.663. The van der Waals surface area contributed by atoms with Crippen molar-refractivity contribution in [1.82, 2.24) is 9.97 Å². The Kier molecular flexibility index (Phi) is 7.31. The minimum absolute atomic E-state index is 0.176. The van der Waals surface area contributed by atoms with Gasteiger partial charge in [0.2, 0.25) is 0 Å². The molecule has 0 radical (unpaired) electrons. The Morgan fingerprint density at radius 1 is 0.322 bits per heavy atom. The van der Waals surface area contributed by atoms with Gasteiger partial charge in [-0.1, -0.05) is 178 Å². The summed E-state index contributed by atoms with van der Waals surface area (Å²) in [6.07, 6.45) is 0. The van der Waals surface area contributed by atoms with E-state index in [4.69, 9.17) is 9.97 Å². The molecule has 0 amide bonds. The highest BCUT2D eigenvalue weighted by molar-refractivity contribution is 6.25. The molecule has 59 heavy (non-hydrogen) atoms. The summed E-state index contributed by atoms with van der Waals surface area (Å²) < 4.78 is 0. The molecule has 0 unspecified atom stereocenters. The molecule has 0 N–H and O–H groups in total. The van der Waals surface area contributed by atoms with Crippen molar-refractivity contribution in [2.45, 2.75) is 19.3 Å². The highest BCUT2D eigenvalue weighted by Gasteiger charge is 2.38. The van der Waals surface area contributed by atoms with Gasteiger partial charge in [0.05, 0.1) is 11.4 Å². The SMILES string of the molecule is CC1(C)c2cc3ccccc3cc2-c2cccc(-c3ccc(-c4nc(-c5ccccc5)cc(-c5ccc6c7ccccc7c7ccccc7c6c5)n4)c4ccccc34)c21. The molecule has 1 aliphatic rings. The molecule has 2 heteroatoms. The molecule has 10 aromatic carbocycles. The number of hydrogen-bond donors (Lipinski definition) is 0. The summed E-state index contributed by atoms with van der Waals surface area (Å²) in [6, 6.07) is 70.6. The van der Waals surface area contributed by atoms with E-state index in [1.54, 1.807) is 0 Å². The first kappa shape index (κ1) is 33.7. The predicted molar refractivity (Wildman–Crippen MR) is 249 cm³/mol. The van der Waals surface area contributed by atoms with E-state index in [2.05, 4.69) is 208 Å².